The number of rotatable bonds is 4. The Morgan fingerprint density at radius 2 is 1.81 bits per heavy atom. The van der Waals surface area contributed by atoms with E-state index in [2.05, 4.69) is 11.1 Å². The molecule has 0 fully saturated rings. The van der Waals surface area contributed by atoms with E-state index in [0.717, 1.165) is 22.3 Å². The Labute approximate surface area is 186 Å². The van der Waals surface area contributed by atoms with Crippen molar-refractivity contribution < 1.29 is 9.18 Å². The lowest BCUT2D eigenvalue weighted by molar-refractivity contribution is -0.117. The van der Waals surface area contributed by atoms with Crippen LogP contribution < -0.4 is 10.6 Å². The molecular formula is C25H23ClFN3O. The topological polar surface area (TPSA) is 58.7 Å². The Morgan fingerprint density at radius 1 is 1.06 bits per heavy atom. The fraction of sp³-hybridized carbons (Fsp3) is 0.200. The summed E-state index contributed by atoms with van der Waals surface area (Å²) in [5.74, 6) is -0.589. The van der Waals surface area contributed by atoms with Gasteiger partial charge in [-0.2, -0.15) is 0 Å². The van der Waals surface area contributed by atoms with Gasteiger partial charge in [-0.05, 0) is 49.2 Å². The molecule has 3 aromatic rings. The van der Waals surface area contributed by atoms with Crippen molar-refractivity contribution in [3.05, 3.63) is 87.7 Å². The molecule has 0 atom stereocenters. The highest BCUT2D eigenvalue weighted by atomic mass is 35.5. The van der Waals surface area contributed by atoms with Crippen LogP contribution in [0.15, 0.2) is 59.6 Å². The highest BCUT2D eigenvalue weighted by Crippen LogP contribution is 2.35. The highest BCUT2D eigenvalue weighted by molar-refractivity contribution is 6.32. The normalized spacial score (nSPS) is 13.6. The molecule has 3 aromatic carbocycles. The predicted octanol–water partition coefficient (Wildman–Crippen LogP) is 4.91. The van der Waals surface area contributed by atoms with Crippen molar-refractivity contribution in [3.8, 4) is 11.1 Å². The maximum Gasteiger partial charge on any atom is 0.248 e. The van der Waals surface area contributed by atoms with E-state index < -0.39 is 5.82 Å². The summed E-state index contributed by atoms with van der Waals surface area (Å²) in [6.07, 6.45) is 0. The van der Waals surface area contributed by atoms with Crippen molar-refractivity contribution in [1.82, 2.24) is 0 Å². The van der Waals surface area contributed by atoms with Crippen molar-refractivity contribution in [1.29, 1.82) is 0 Å². The van der Waals surface area contributed by atoms with Crippen LogP contribution in [0.1, 0.15) is 22.3 Å². The van der Waals surface area contributed by atoms with Crippen LogP contribution in [0.5, 0.6) is 0 Å². The summed E-state index contributed by atoms with van der Waals surface area (Å²) in [7, 11) is 0. The van der Waals surface area contributed by atoms with Crippen LogP contribution in [0.3, 0.4) is 0 Å². The van der Waals surface area contributed by atoms with Crippen molar-refractivity contribution in [2.24, 2.45) is 10.7 Å². The van der Waals surface area contributed by atoms with E-state index in [-0.39, 0.29) is 12.5 Å². The molecule has 1 aliphatic rings. The van der Waals surface area contributed by atoms with E-state index in [1.54, 1.807) is 29.2 Å². The zero-order valence-corrected chi connectivity index (χ0v) is 18.2. The Morgan fingerprint density at radius 3 is 2.52 bits per heavy atom. The summed E-state index contributed by atoms with van der Waals surface area (Å²) < 4.78 is 15.4. The van der Waals surface area contributed by atoms with Crippen LogP contribution in [-0.4, -0.2) is 31.3 Å². The van der Waals surface area contributed by atoms with Gasteiger partial charge in [-0.25, -0.2) is 4.39 Å². The lowest BCUT2D eigenvalue weighted by atomic mass is 9.90. The molecule has 1 heterocycles. The zero-order valence-electron chi connectivity index (χ0n) is 17.5. The number of nitrogens with zero attached hydrogens (tertiary/aromatic N) is 2. The molecule has 0 bridgehead atoms. The molecule has 0 aliphatic carbocycles. The van der Waals surface area contributed by atoms with Crippen LogP contribution >= 0.6 is 11.6 Å². The van der Waals surface area contributed by atoms with Gasteiger partial charge < -0.3 is 10.6 Å². The van der Waals surface area contributed by atoms with Gasteiger partial charge in [-0.15, -0.1) is 0 Å². The lowest BCUT2D eigenvalue weighted by Gasteiger charge is -2.23. The van der Waals surface area contributed by atoms with Crippen molar-refractivity contribution in [3.63, 3.8) is 0 Å². The van der Waals surface area contributed by atoms with Gasteiger partial charge in [0, 0.05) is 29.2 Å². The van der Waals surface area contributed by atoms with Gasteiger partial charge >= 0.3 is 0 Å². The molecule has 1 aliphatic heterocycles. The Bertz CT molecular complexity index is 1190. The van der Waals surface area contributed by atoms with E-state index in [9.17, 15) is 4.79 Å². The molecule has 0 radical (unpaired) electrons. The number of carbonyl (C=O) groups excluding carboxylic acids is 1. The minimum atomic E-state index is -0.402. The first-order chi connectivity index (χ1) is 14.9. The fourth-order valence-corrected chi connectivity index (χ4v) is 4.28. The van der Waals surface area contributed by atoms with Crippen LogP contribution in [0, 0.1) is 19.7 Å². The number of aliphatic imine (C=N–C) groups is 1. The van der Waals surface area contributed by atoms with Crippen LogP contribution in [0.2, 0.25) is 5.02 Å². The van der Waals surface area contributed by atoms with Gasteiger partial charge in [0.2, 0.25) is 5.91 Å². The number of carbonyl (C=O) groups is 1. The summed E-state index contributed by atoms with van der Waals surface area (Å²) >= 11 is 6.31. The Hall–Kier alpha value is -3.02. The molecule has 0 aromatic heterocycles. The summed E-state index contributed by atoms with van der Waals surface area (Å²) in [5.41, 5.74) is 11.5. The van der Waals surface area contributed by atoms with Crippen molar-refractivity contribution in [2.45, 2.75) is 13.8 Å². The molecule has 0 saturated heterocycles. The summed E-state index contributed by atoms with van der Waals surface area (Å²) in [4.78, 5) is 19.0. The number of nitrogens with two attached hydrogens (primary N) is 1. The van der Waals surface area contributed by atoms with Gasteiger partial charge in [0.1, 0.15) is 12.4 Å². The van der Waals surface area contributed by atoms with Gasteiger partial charge in [0.05, 0.1) is 11.4 Å². The molecule has 0 saturated carbocycles. The van der Waals surface area contributed by atoms with Crippen LogP contribution in [-0.2, 0) is 4.79 Å². The number of hydrogen-bond acceptors (Lipinski definition) is 3. The molecular weight excluding hydrogens is 413 g/mol. The number of hydrogen-bond donors (Lipinski definition) is 1. The maximum atomic E-state index is 15.4. The molecule has 158 valence electrons. The number of halogens is 2. The van der Waals surface area contributed by atoms with E-state index >= 15 is 4.39 Å². The third-order valence-electron chi connectivity index (χ3n) is 5.31. The first-order valence-electron chi connectivity index (χ1n) is 10.1. The van der Waals surface area contributed by atoms with E-state index in [1.807, 2.05) is 32.0 Å². The lowest BCUT2D eigenvalue weighted by Crippen LogP contribution is -2.36. The molecule has 0 unspecified atom stereocenters. The number of benzodiazepines with no additional fused rings is 1. The predicted molar refractivity (Wildman–Crippen MR) is 125 cm³/mol. The second-order valence-corrected chi connectivity index (χ2v) is 8.14. The fourth-order valence-electron chi connectivity index (χ4n) is 4.11. The first kappa shape index (κ1) is 21.2. The number of fused-ring (bicyclic) bond motifs is 1. The molecule has 6 heteroatoms. The summed E-state index contributed by atoms with van der Waals surface area (Å²) in [5, 5.41) is 0.484. The van der Waals surface area contributed by atoms with Crippen molar-refractivity contribution in [2.75, 3.05) is 24.5 Å². The van der Waals surface area contributed by atoms with E-state index in [4.69, 9.17) is 17.3 Å². The number of aryl methyl sites for hydroxylation is 2. The maximum absolute atomic E-state index is 15.4. The summed E-state index contributed by atoms with van der Waals surface area (Å²) in [6, 6.07) is 16.3. The van der Waals surface area contributed by atoms with Gasteiger partial charge in [0.15, 0.2) is 0 Å². The smallest absolute Gasteiger partial charge is 0.248 e. The molecule has 4 rings (SSSR count). The van der Waals surface area contributed by atoms with Gasteiger partial charge in [-0.1, -0.05) is 53.1 Å². The SMILES string of the molecule is Cc1cc(C)cc(-c2cccc(F)c2C2=NCC(=O)N(CCN)c3ccc(Cl)cc32)c1. The molecule has 1 amide bonds. The molecule has 31 heavy (non-hydrogen) atoms. The third kappa shape index (κ3) is 4.11. The van der Waals surface area contributed by atoms with E-state index in [0.29, 0.717) is 40.6 Å². The number of amides is 1. The van der Waals surface area contributed by atoms with E-state index in [1.165, 1.54) is 6.07 Å². The highest BCUT2D eigenvalue weighted by Gasteiger charge is 2.28. The second kappa shape index (κ2) is 8.61. The third-order valence-corrected chi connectivity index (χ3v) is 5.55. The van der Waals surface area contributed by atoms with Gasteiger partial charge in [-0.3, -0.25) is 9.79 Å². The monoisotopic (exact) mass is 435 g/mol. The van der Waals surface area contributed by atoms with Gasteiger partial charge in [0.25, 0.3) is 0 Å². The molecule has 4 nitrogen and oxygen atoms in total. The zero-order chi connectivity index (χ0) is 22.1. The average molecular weight is 436 g/mol. The molecule has 0 spiro atoms. The molecule has 2 N–H and O–H groups in total. The largest absolute Gasteiger partial charge is 0.329 e. The number of anilines is 1. The number of benzene rings is 3. The van der Waals surface area contributed by atoms with Crippen LogP contribution in [0.4, 0.5) is 10.1 Å². The Kier molecular flexibility index (Phi) is 5.90. The Balaban J connectivity index is 1.99. The van der Waals surface area contributed by atoms with Crippen LogP contribution in [0.25, 0.3) is 11.1 Å². The standard InChI is InChI=1S/C25H23ClFN3O/c1-15-10-16(2)12-17(11-15)19-4-3-5-21(27)24(19)25-20-13-18(26)6-7-22(20)30(9-8-28)23(31)14-29-25/h3-7,10-13H,8-9,14,28H2,1-2H3. The van der Waals surface area contributed by atoms with Crippen molar-refractivity contribution >= 4 is 28.9 Å². The average Bonchev–Trinajstić information content (AvgIpc) is 2.84. The second-order valence-electron chi connectivity index (χ2n) is 7.70. The minimum Gasteiger partial charge on any atom is -0.329 e. The summed E-state index contributed by atoms with van der Waals surface area (Å²) in [6.45, 7) is 4.57. The minimum absolute atomic E-state index is 0.0950. The first-order valence-corrected chi connectivity index (χ1v) is 10.5. The quantitative estimate of drug-likeness (QED) is 0.633.